The van der Waals surface area contributed by atoms with E-state index in [4.69, 9.17) is 9.97 Å². The summed E-state index contributed by atoms with van der Waals surface area (Å²) in [5.41, 5.74) is 3.38. The summed E-state index contributed by atoms with van der Waals surface area (Å²) in [5.74, 6) is 2.52. The van der Waals surface area contributed by atoms with E-state index in [1.807, 2.05) is 24.3 Å². The van der Waals surface area contributed by atoms with Crippen molar-refractivity contribution >= 4 is 45.6 Å². The molecular formula is C37H38F2N10. The molecule has 0 amide bonds. The molecular weight excluding hydrogens is 622 g/mol. The van der Waals surface area contributed by atoms with Crippen molar-refractivity contribution in [1.29, 1.82) is 0 Å². The summed E-state index contributed by atoms with van der Waals surface area (Å²) >= 11 is 0. The summed E-state index contributed by atoms with van der Waals surface area (Å²) in [6.45, 7) is 5.07. The number of halogens is 2. The van der Waals surface area contributed by atoms with Crippen LogP contribution in [0.4, 0.5) is 32.3 Å². The van der Waals surface area contributed by atoms with Gasteiger partial charge >= 0.3 is 0 Å². The van der Waals surface area contributed by atoms with Crippen molar-refractivity contribution in [2.75, 3.05) is 46.6 Å². The zero-order valence-corrected chi connectivity index (χ0v) is 27.2. The Hall–Kier alpha value is -5.52. The zero-order valence-electron chi connectivity index (χ0n) is 27.2. The van der Waals surface area contributed by atoms with Gasteiger partial charge in [0.1, 0.15) is 23.3 Å². The van der Waals surface area contributed by atoms with E-state index in [1.54, 1.807) is 36.7 Å². The van der Waals surface area contributed by atoms with Gasteiger partial charge in [-0.1, -0.05) is 24.3 Å². The maximum atomic E-state index is 13.1. The number of nitrogens with one attached hydrogen (secondary N) is 2. The van der Waals surface area contributed by atoms with Gasteiger partial charge in [-0.2, -0.15) is 19.9 Å². The van der Waals surface area contributed by atoms with Crippen molar-refractivity contribution in [1.82, 2.24) is 29.9 Å². The molecule has 250 valence electrons. The number of rotatable bonds is 8. The maximum absolute atomic E-state index is 13.1. The molecule has 2 aliphatic heterocycles. The smallest absolute Gasteiger partial charge is 0.229 e. The minimum absolute atomic E-state index is 0.229. The highest BCUT2D eigenvalue weighted by Crippen LogP contribution is 2.26. The Kier molecular flexibility index (Phi) is 9.90. The molecule has 12 heteroatoms. The third kappa shape index (κ3) is 7.97. The number of pyridine rings is 2. The summed E-state index contributed by atoms with van der Waals surface area (Å²) in [6, 6.07) is 20.6. The molecule has 2 aromatic carbocycles. The van der Waals surface area contributed by atoms with E-state index in [0.29, 0.717) is 24.4 Å². The summed E-state index contributed by atoms with van der Waals surface area (Å²) in [6.07, 6.45) is 9.43. The van der Waals surface area contributed by atoms with Gasteiger partial charge in [0, 0.05) is 51.7 Å². The van der Waals surface area contributed by atoms with Gasteiger partial charge in [0.2, 0.25) is 11.9 Å². The fraction of sp³-hybridized carbons (Fsp3) is 0.297. The second kappa shape index (κ2) is 15.1. The number of hydrogen-bond donors (Lipinski definition) is 2. The lowest BCUT2D eigenvalue weighted by molar-refractivity contribution is 0.569. The standard InChI is InChI=1S/C19H20FN5.C18H18FN5/c20-15-8-6-14(7-9-15)13-22-18-16-5-4-10-21-17(16)23-19(24-18)25-11-2-1-3-12-25;19-14-7-5-13(6-8-14)12-21-17-15-4-3-9-20-16(15)22-18(23-17)24-10-1-2-11-24/h4-10H,1-3,11-13H2,(H,21,22,23,24);3-9H,1-2,10-12H2,(H,20,21,22,23). The molecule has 2 fully saturated rings. The van der Waals surface area contributed by atoms with E-state index in [2.05, 4.69) is 40.4 Å². The van der Waals surface area contributed by atoms with E-state index in [9.17, 15) is 8.78 Å². The first kappa shape index (κ1) is 32.0. The van der Waals surface area contributed by atoms with Crippen molar-refractivity contribution < 1.29 is 8.78 Å². The Morgan fingerprint density at radius 1 is 0.510 bits per heavy atom. The molecule has 49 heavy (non-hydrogen) atoms. The molecule has 2 N–H and O–H groups in total. The van der Waals surface area contributed by atoms with Crippen molar-refractivity contribution in [2.24, 2.45) is 0 Å². The first-order valence-electron chi connectivity index (χ1n) is 16.8. The summed E-state index contributed by atoms with van der Waals surface area (Å²) in [5, 5.41) is 8.49. The number of anilines is 4. The summed E-state index contributed by atoms with van der Waals surface area (Å²) in [7, 11) is 0. The molecule has 0 aliphatic carbocycles. The van der Waals surface area contributed by atoms with Crippen LogP contribution in [0.15, 0.2) is 85.2 Å². The molecule has 0 spiro atoms. The topological polar surface area (TPSA) is 108 Å². The fourth-order valence-electron chi connectivity index (χ4n) is 6.04. The fourth-order valence-corrected chi connectivity index (χ4v) is 6.04. The monoisotopic (exact) mass is 660 g/mol. The molecule has 0 atom stereocenters. The molecule has 0 unspecified atom stereocenters. The van der Waals surface area contributed by atoms with Crippen molar-refractivity contribution in [2.45, 2.75) is 45.2 Å². The number of nitrogens with zero attached hydrogens (tertiary/aromatic N) is 8. The average Bonchev–Trinajstić information content (AvgIpc) is 3.70. The zero-order chi connectivity index (χ0) is 33.4. The number of benzene rings is 2. The number of piperidine rings is 1. The Labute approximate surface area is 283 Å². The Morgan fingerprint density at radius 3 is 1.35 bits per heavy atom. The van der Waals surface area contributed by atoms with Crippen LogP contribution >= 0.6 is 0 Å². The molecule has 0 radical (unpaired) electrons. The lowest BCUT2D eigenvalue weighted by Gasteiger charge is -2.27. The number of hydrogen-bond acceptors (Lipinski definition) is 10. The van der Waals surface area contributed by atoms with Gasteiger partial charge in [-0.25, -0.2) is 18.7 Å². The van der Waals surface area contributed by atoms with Crippen LogP contribution in [-0.2, 0) is 13.1 Å². The Bertz CT molecular complexity index is 1990. The first-order chi connectivity index (χ1) is 24.1. The molecule has 2 aliphatic rings. The van der Waals surface area contributed by atoms with Crippen LogP contribution in [0, 0.1) is 11.6 Å². The van der Waals surface area contributed by atoms with E-state index in [0.717, 1.165) is 71.6 Å². The largest absolute Gasteiger partial charge is 0.365 e. The van der Waals surface area contributed by atoms with Gasteiger partial charge in [-0.15, -0.1) is 0 Å². The Morgan fingerprint density at radius 2 is 0.918 bits per heavy atom. The lowest BCUT2D eigenvalue weighted by atomic mass is 10.1. The predicted molar refractivity (Wildman–Crippen MR) is 190 cm³/mol. The lowest BCUT2D eigenvalue weighted by Crippen LogP contribution is -2.31. The van der Waals surface area contributed by atoms with E-state index < -0.39 is 0 Å². The van der Waals surface area contributed by atoms with Gasteiger partial charge in [0.25, 0.3) is 0 Å². The van der Waals surface area contributed by atoms with Crippen LogP contribution in [0.5, 0.6) is 0 Å². The Balaban J connectivity index is 0.000000154. The van der Waals surface area contributed by atoms with Gasteiger partial charge in [-0.05, 0) is 91.8 Å². The SMILES string of the molecule is Fc1ccc(CNc2nc(N3CCCC3)nc3ncccc23)cc1.Fc1ccc(CNc2nc(N3CCCCC3)nc3ncccc23)cc1. The highest BCUT2D eigenvalue weighted by Gasteiger charge is 2.19. The van der Waals surface area contributed by atoms with Crippen molar-refractivity contribution in [3.8, 4) is 0 Å². The van der Waals surface area contributed by atoms with Crippen LogP contribution in [0.25, 0.3) is 22.1 Å². The highest BCUT2D eigenvalue weighted by atomic mass is 19.1. The maximum Gasteiger partial charge on any atom is 0.229 e. The number of fused-ring (bicyclic) bond motifs is 2. The van der Waals surface area contributed by atoms with Crippen molar-refractivity contribution in [3.05, 3.63) is 108 Å². The van der Waals surface area contributed by atoms with Gasteiger partial charge in [0.05, 0.1) is 10.8 Å². The molecule has 0 bridgehead atoms. The van der Waals surface area contributed by atoms with Gasteiger partial charge in [0.15, 0.2) is 11.3 Å². The van der Waals surface area contributed by atoms with Crippen LogP contribution < -0.4 is 20.4 Å². The number of aromatic nitrogens is 6. The molecule has 10 nitrogen and oxygen atoms in total. The van der Waals surface area contributed by atoms with E-state index >= 15 is 0 Å². The van der Waals surface area contributed by atoms with Crippen LogP contribution in [0.1, 0.15) is 43.2 Å². The van der Waals surface area contributed by atoms with Crippen LogP contribution in [0.2, 0.25) is 0 Å². The molecule has 4 aromatic heterocycles. The third-order valence-corrected chi connectivity index (χ3v) is 8.69. The predicted octanol–water partition coefficient (Wildman–Crippen LogP) is 7.14. The van der Waals surface area contributed by atoms with E-state index in [1.165, 1.54) is 56.4 Å². The van der Waals surface area contributed by atoms with Gasteiger partial charge < -0.3 is 20.4 Å². The molecule has 6 heterocycles. The minimum atomic E-state index is -0.230. The van der Waals surface area contributed by atoms with E-state index in [-0.39, 0.29) is 11.6 Å². The first-order valence-corrected chi connectivity index (χ1v) is 16.8. The normalized spacial score (nSPS) is 14.5. The molecule has 6 aromatic rings. The van der Waals surface area contributed by atoms with Crippen LogP contribution in [0.3, 0.4) is 0 Å². The average molecular weight is 661 g/mol. The quantitative estimate of drug-likeness (QED) is 0.175. The highest BCUT2D eigenvalue weighted by molar-refractivity contribution is 5.88. The second-order valence-electron chi connectivity index (χ2n) is 12.2. The van der Waals surface area contributed by atoms with Crippen molar-refractivity contribution in [3.63, 3.8) is 0 Å². The molecule has 2 saturated heterocycles. The third-order valence-electron chi connectivity index (χ3n) is 8.69. The van der Waals surface area contributed by atoms with Gasteiger partial charge in [-0.3, -0.25) is 0 Å². The minimum Gasteiger partial charge on any atom is -0.365 e. The molecule has 0 saturated carbocycles. The summed E-state index contributed by atoms with van der Waals surface area (Å²) in [4.78, 5) is 31.9. The summed E-state index contributed by atoms with van der Waals surface area (Å²) < 4.78 is 26.1. The molecule has 8 rings (SSSR count). The van der Waals surface area contributed by atoms with Crippen LogP contribution in [-0.4, -0.2) is 56.1 Å². The second-order valence-corrected chi connectivity index (χ2v) is 12.2.